The second-order valence-electron chi connectivity index (χ2n) is 8.07. The van der Waals surface area contributed by atoms with Crippen LogP contribution in [0.3, 0.4) is 0 Å². The lowest BCUT2D eigenvalue weighted by Gasteiger charge is -2.35. The van der Waals surface area contributed by atoms with E-state index in [1.54, 1.807) is 30.0 Å². The van der Waals surface area contributed by atoms with E-state index in [1.807, 2.05) is 0 Å². The molecule has 2 aliphatic heterocycles. The zero-order chi connectivity index (χ0) is 23.5. The van der Waals surface area contributed by atoms with Gasteiger partial charge in [-0.25, -0.2) is 0 Å². The van der Waals surface area contributed by atoms with E-state index >= 15 is 0 Å². The van der Waals surface area contributed by atoms with Crippen molar-refractivity contribution in [2.45, 2.75) is 32.3 Å². The molecule has 0 saturated carbocycles. The van der Waals surface area contributed by atoms with E-state index in [9.17, 15) is 24.5 Å². The van der Waals surface area contributed by atoms with Gasteiger partial charge in [0.1, 0.15) is 12.3 Å². The molecule has 1 saturated heterocycles. The van der Waals surface area contributed by atoms with E-state index in [0.29, 0.717) is 30.2 Å². The highest BCUT2D eigenvalue weighted by Gasteiger charge is 2.34. The number of ether oxygens (including phenoxy) is 1. The van der Waals surface area contributed by atoms with Gasteiger partial charge in [0.15, 0.2) is 6.10 Å². The highest BCUT2D eigenvalue weighted by Crippen LogP contribution is 2.36. The molecule has 2 aromatic carbocycles. The second kappa shape index (κ2) is 9.27. The minimum Gasteiger partial charge on any atom is -0.479 e. The number of nitro benzene ring substituents is 1. The molecule has 2 aromatic rings. The molecule has 1 unspecified atom stereocenters. The standard InChI is InChI=1S/C23H24N4O6/c1-15-23(30)26(14-21(28)25-11-3-2-4-12-25)19-13-17(7-10-20(19)33-15)24-22(29)16-5-8-18(9-6-16)27(31)32/h5-10,13,15H,2-4,11-12,14H2,1H3,(H,24,29). The summed E-state index contributed by atoms with van der Waals surface area (Å²) in [7, 11) is 0. The number of piperidine rings is 1. The quantitative estimate of drug-likeness (QED) is 0.550. The summed E-state index contributed by atoms with van der Waals surface area (Å²) < 4.78 is 5.69. The zero-order valence-electron chi connectivity index (χ0n) is 18.2. The molecule has 10 nitrogen and oxygen atoms in total. The SMILES string of the molecule is CC1Oc2ccc(NC(=O)c3ccc([N+](=O)[O-])cc3)cc2N(CC(=O)N2CCCCC2)C1=O. The molecular weight excluding hydrogens is 428 g/mol. The van der Waals surface area contributed by atoms with Crippen molar-refractivity contribution < 1.29 is 24.0 Å². The van der Waals surface area contributed by atoms with Crippen LogP contribution in [0.1, 0.15) is 36.5 Å². The van der Waals surface area contributed by atoms with Crippen molar-refractivity contribution in [1.82, 2.24) is 4.90 Å². The first-order valence-corrected chi connectivity index (χ1v) is 10.8. The summed E-state index contributed by atoms with van der Waals surface area (Å²) in [6, 6.07) is 10.1. The van der Waals surface area contributed by atoms with Crippen LogP contribution in [0.5, 0.6) is 5.75 Å². The zero-order valence-corrected chi connectivity index (χ0v) is 18.2. The van der Waals surface area contributed by atoms with Crippen LogP contribution in [0.15, 0.2) is 42.5 Å². The molecule has 2 aliphatic rings. The van der Waals surface area contributed by atoms with Gasteiger partial charge in [-0.1, -0.05) is 0 Å². The van der Waals surface area contributed by atoms with Crippen molar-refractivity contribution in [3.8, 4) is 5.75 Å². The van der Waals surface area contributed by atoms with Crippen LogP contribution in [-0.2, 0) is 9.59 Å². The maximum Gasteiger partial charge on any atom is 0.269 e. The smallest absolute Gasteiger partial charge is 0.269 e. The third-order valence-corrected chi connectivity index (χ3v) is 5.77. The van der Waals surface area contributed by atoms with E-state index in [1.165, 1.54) is 29.2 Å². The molecule has 3 amide bonds. The molecule has 0 aromatic heterocycles. The Labute approximate surface area is 190 Å². The summed E-state index contributed by atoms with van der Waals surface area (Å²) >= 11 is 0. The number of benzene rings is 2. The first kappa shape index (κ1) is 22.3. The highest BCUT2D eigenvalue weighted by molar-refractivity contribution is 6.07. The van der Waals surface area contributed by atoms with E-state index < -0.39 is 16.9 Å². The molecule has 0 spiro atoms. The topological polar surface area (TPSA) is 122 Å². The van der Waals surface area contributed by atoms with Crippen LogP contribution in [0.2, 0.25) is 0 Å². The molecule has 0 bridgehead atoms. The van der Waals surface area contributed by atoms with E-state index in [4.69, 9.17) is 4.74 Å². The molecule has 10 heteroatoms. The Bertz CT molecular complexity index is 1090. The third-order valence-electron chi connectivity index (χ3n) is 5.77. The maximum absolute atomic E-state index is 12.8. The van der Waals surface area contributed by atoms with Gasteiger partial charge < -0.3 is 15.0 Å². The molecule has 2 heterocycles. The molecule has 0 aliphatic carbocycles. The number of carbonyl (C=O) groups is 3. The fourth-order valence-electron chi connectivity index (χ4n) is 3.96. The van der Waals surface area contributed by atoms with Crippen molar-refractivity contribution in [1.29, 1.82) is 0 Å². The van der Waals surface area contributed by atoms with Crippen molar-refractivity contribution in [3.63, 3.8) is 0 Å². The number of likely N-dealkylation sites (tertiary alicyclic amines) is 1. The van der Waals surface area contributed by atoms with Crippen molar-refractivity contribution >= 4 is 34.8 Å². The third kappa shape index (κ3) is 4.79. The van der Waals surface area contributed by atoms with Crippen LogP contribution >= 0.6 is 0 Å². The summed E-state index contributed by atoms with van der Waals surface area (Å²) in [4.78, 5) is 51.7. The number of nitrogens with zero attached hydrogens (tertiary/aromatic N) is 3. The summed E-state index contributed by atoms with van der Waals surface area (Å²) in [5.41, 5.74) is 0.943. The number of rotatable bonds is 5. The fraction of sp³-hybridized carbons (Fsp3) is 0.348. The number of nitro groups is 1. The molecule has 172 valence electrons. The van der Waals surface area contributed by atoms with Crippen molar-refractivity contribution in [2.24, 2.45) is 0 Å². The number of fused-ring (bicyclic) bond motifs is 1. The largest absolute Gasteiger partial charge is 0.479 e. The maximum atomic E-state index is 12.8. The lowest BCUT2D eigenvalue weighted by Crippen LogP contribution is -2.50. The minimum absolute atomic E-state index is 0.0979. The lowest BCUT2D eigenvalue weighted by atomic mass is 10.1. The van der Waals surface area contributed by atoms with Gasteiger partial charge in [0.05, 0.1) is 10.6 Å². The van der Waals surface area contributed by atoms with Gasteiger partial charge in [-0.15, -0.1) is 0 Å². The van der Waals surface area contributed by atoms with Gasteiger partial charge in [0.2, 0.25) is 5.91 Å². The average molecular weight is 452 g/mol. The molecule has 0 radical (unpaired) electrons. The Morgan fingerprint density at radius 2 is 1.82 bits per heavy atom. The van der Waals surface area contributed by atoms with Gasteiger partial charge >= 0.3 is 0 Å². The monoisotopic (exact) mass is 452 g/mol. The first-order valence-electron chi connectivity index (χ1n) is 10.8. The van der Waals surface area contributed by atoms with Crippen LogP contribution in [-0.4, -0.2) is 53.3 Å². The normalized spacial score (nSPS) is 17.7. The lowest BCUT2D eigenvalue weighted by molar-refractivity contribution is -0.384. The van der Waals surface area contributed by atoms with E-state index in [-0.39, 0.29) is 29.6 Å². The van der Waals surface area contributed by atoms with Gasteiger partial charge in [-0.2, -0.15) is 0 Å². The van der Waals surface area contributed by atoms with Gasteiger partial charge in [-0.05, 0) is 56.5 Å². The number of carbonyl (C=O) groups excluding carboxylic acids is 3. The summed E-state index contributed by atoms with van der Waals surface area (Å²) in [5.74, 6) is -0.464. The second-order valence-corrected chi connectivity index (χ2v) is 8.07. The predicted molar refractivity (Wildman–Crippen MR) is 120 cm³/mol. The highest BCUT2D eigenvalue weighted by atomic mass is 16.6. The molecule has 4 rings (SSSR count). The van der Waals surface area contributed by atoms with Crippen molar-refractivity contribution in [3.05, 3.63) is 58.1 Å². The van der Waals surface area contributed by atoms with E-state index in [2.05, 4.69) is 5.32 Å². The minimum atomic E-state index is -0.729. The number of anilines is 2. The number of hydrogen-bond donors (Lipinski definition) is 1. The van der Waals surface area contributed by atoms with Crippen LogP contribution in [0.4, 0.5) is 17.1 Å². The number of non-ortho nitro benzene ring substituents is 1. The molecule has 1 N–H and O–H groups in total. The van der Waals surface area contributed by atoms with Crippen LogP contribution < -0.4 is 15.0 Å². The Morgan fingerprint density at radius 3 is 2.48 bits per heavy atom. The van der Waals surface area contributed by atoms with Crippen LogP contribution in [0, 0.1) is 10.1 Å². The van der Waals surface area contributed by atoms with Crippen LogP contribution in [0.25, 0.3) is 0 Å². The van der Waals surface area contributed by atoms with Crippen molar-refractivity contribution in [2.75, 3.05) is 29.9 Å². The molecular formula is C23H24N4O6. The summed E-state index contributed by atoms with van der Waals surface area (Å²) in [6.07, 6.45) is 2.27. The Morgan fingerprint density at radius 1 is 1.12 bits per heavy atom. The fourth-order valence-corrected chi connectivity index (χ4v) is 3.96. The predicted octanol–water partition coefficient (Wildman–Crippen LogP) is 2.97. The van der Waals surface area contributed by atoms with E-state index in [0.717, 1.165) is 19.3 Å². The Kier molecular flexibility index (Phi) is 6.25. The molecule has 33 heavy (non-hydrogen) atoms. The first-order chi connectivity index (χ1) is 15.8. The molecule has 1 atom stereocenters. The summed E-state index contributed by atoms with van der Waals surface area (Å²) in [5, 5.41) is 13.5. The average Bonchev–Trinajstić information content (AvgIpc) is 2.82. The van der Waals surface area contributed by atoms with Gasteiger partial charge in [-0.3, -0.25) is 29.4 Å². The molecule has 1 fully saturated rings. The van der Waals surface area contributed by atoms with Gasteiger partial charge in [0.25, 0.3) is 17.5 Å². The Hall–Kier alpha value is -3.95. The number of amides is 3. The Balaban J connectivity index is 1.54. The summed E-state index contributed by atoms with van der Waals surface area (Å²) in [6.45, 7) is 2.91. The van der Waals surface area contributed by atoms with Gasteiger partial charge in [0, 0.05) is 36.5 Å². The number of hydrogen-bond acceptors (Lipinski definition) is 6. The number of nitrogens with one attached hydrogen (secondary N) is 1.